The predicted molar refractivity (Wildman–Crippen MR) is 117 cm³/mol. The normalized spacial score (nSPS) is 10.2. The molecule has 0 aliphatic rings. The fraction of sp³-hybridized carbons (Fsp3) is 0.286. The quantitative estimate of drug-likeness (QED) is 0.458. The maximum Gasteiger partial charge on any atom is 0.269 e. The summed E-state index contributed by atoms with van der Waals surface area (Å²) in [6.07, 6.45) is 0. The minimum absolute atomic E-state index is 0.0625. The van der Waals surface area contributed by atoms with Gasteiger partial charge in [0.1, 0.15) is 5.75 Å². The summed E-state index contributed by atoms with van der Waals surface area (Å²) >= 11 is 5.09. The van der Waals surface area contributed by atoms with Gasteiger partial charge in [0.2, 0.25) is 0 Å². The molecule has 0 saturated carbocycles. The smallest absolute Gasteiger partial charge is 0.269 e. The summed E-state index contributed by atoms with van der Waals surface area (Å²) in [5.74, 6) is 0.777. The van der Waals surface area contributed by atoms with Gasteiger partial charge in [-0.05, 0) is 48.5 Å². The first-order chi connectivity index (χ1) is 14.3. The standard InChI is InChI=1S/C21H25N3O5S/c1-13(2)12-29-16-8-6-5-7-15(16)20(26)22-21(30)24-23-19(25)14-9-10-17(27-3)18(11-14)28-4/h5-11,13H,12H2,1-4H3,(H,23,25)(H2,22,24,26,30). The van der Waals surface area contributed by atoms with E-state index in [0.717, 1.165) is 0 Å². The number of hydrogen-bond donors (Lipinski definition) is 3. The molecule has 2 aromatic carbocycles. The van der Waals surface area contributed by atoms with Crippen LogP contribution in [0.4, 0.5) is 0 Å². The first-order valence-electron chi connectivity index (χ1n) is 9.21. The summed E-state index contributed by atoms with van der Waals surface area (Å²) in [5.41, 5.74) is 5.59. The molecule has 0 saturated heterocycles. The maximum atomic E-state index is 12.5. The zero-order valence-electron chi connectivity index (χ0n) is 17.3. The van der Waals surface area contributed by atoms with Gasteiger partial charge < -0.3 is 14.2 Å². The first-order valence-corrected chi connectivity index (χ1v) is 9.62. The Balaban J connectivity index is 1.95. The molecular formula is C21H25N3O5S. The van der Waals surface area contributed by atoms with Crippen molar-refractivity contribution < 1.29 is 23.8 Å². The van der Waals surface area contributed by atoms with Crippen LogP contribution in [0.15, 0.2) is 42.5 Å². The highest BCUT2D eigenvalue weighted by atomic mass is 32.1. The van der Waals surface area contributed by atoms with Crippen LogP contribution in [0.3, 0.4) is 0 Å². The molecule has 0 radical (unpaired) electrons. The number of hydrazine groups is 1. The largest absolute Gasteiger partial charge is 0.493 e. The number of benzene rings is 2. The number of methoxy groups -OCH3 is 2. The van der Waals surface area contributed by atoms with Gasteiger partial charge in [-0.1, -0.05) is 26.0 Å². The number of nitrogens with one attached hydrogen (secondary N) is 3. The van der Waals surface area contributed by atoms with Crippen molar-refractivity contribution in [1.82, 2.24) is 16.2 Å². The first kappa shape index (κ1) is 23.0. The van der Waals surface area contributed by atoms with Crippen LogP contribution in [-0.4, -0.2) is 37.8 Å². The van der Waals surface area contributed by atoms with E-state index in [2.05, 4.69) is 16.2 Å². The van der Waals surface area contributed by atoms with Crippen molar-refractivity contribution in [3.63, 3.8) is 0 Å². The van der Waals surface area contributed by atoms with Crippen molar-refractivity contribution in [2.24, 2.45) is 5.92 Å². The SMILES string of the molecule is COc1ccc(C(=O)NNC(=S)NC(=O)c2ccccc2OCC(C)C)cc1OC. The Hall–Kier alpha value is -3.33. The van der Waals surface area contributed by atoms with Crippen molar-refractivity contribution in [2.75, 3.05) is 20.8 Å². The third-order valence-electron chi connectivity index (χ3n) is 3.87. The topological polar surface area (TPSA) is 97.9 Å². The molecule has 160 valence electrons. The van der Waals surface area contributed by atoms with Gasteiger partial charge in [-0.15, -0.1) is 0 Å². The van der Waals surface area contributed by atoms with E-state index in [0.29, 0.717) is 40.9 Å². The number of thiocarbonyl (C=S) groups is 1. The molecule has 2 aromatic rings. The van der Waals surface area contributed by atoms with E-state index in [-0.39, 0.29) is 5.11 Å². The van der Waals surface area contributed by atoms with Crippen LogP contribution in [-0.2, 0) is 0 Å². The number of para-hydroxylation sites is 1. The highest BCUT2D eigenvalue weighted by Gasteiger charge is 2.15. The van der Waals surface area contributed by atoms with Crippen LogP contribution in [0.5, 0.6) is 17.2 Å². The molecule has 0 aliphatic heterocycles. The van der Waals surface area contributed by atoms with Crippen LogP contribution >= 0.6 is 12.2 Å². The van der Waals surface area contributed by atoms with Crippen molar-refractivity contribution in [2.45, 2.75) is 13.8 Å². The average Bonchev–Trinajstić information content (AvgIpc) is 2.75. The minimum Gasteiger partial charge on any atom is -0.493 e. The lowest BCUT2D eigenvalue weighted by Crippen LogP contribution is -2.48. The fourth-order valence-corrected chi connectivity index (χ4v) is 2.55. The van der Waals surface area contributed by atoms with Crippen molar-refractivity contribution in [1.29, 1.82) is 0 Å². The van der Waals surface area contributed by atoms with Crippen molar-refractivity contribution >= 4 is 29.1 Å². The number of amides is 2. The van der Waals surface area contributed by atoms with Gasteiger partial charge in [0.15, 0.2) is 16.6 Å². The molecule has 2 amide bonds. The molecule has 0 spiro atoms. The van der Waals surface area contributed by atoms with E-state index < -0.39 is 11.8 Å². The summed E-state index contributed by atoms with van der Waals surface area (Å²) in [4.78, 5) is 24.8. The Bertz CT molecular complexity index is 917. The Morgan fingerprint density at radius 3 is 2.30 bits per heavy atom. The number of ether oxygens (including phenoxy) is 3. The third kappa shape index (κ3) is 6.35. The highest BCUT2D eigenvalue weighted by Crippen LogP contribution is 2.27. The van der Waals surface area contributed by atoms with E-state index in [1.807, 2.05) is 13.8 Å². The molecule has 30 heavy (non-hydrogen) atoms. The summed E-state index contributed by atoms with van der Waals surface area (Å²) in [6, 6.07) is 11.6. The monoisotopic (exact) mass is 431 g/mol. The van der Waals surface area contributed by atoms with Gasteiger partial charge in [0.05, 0.1) is 26.4 Å². The zero-order valence-corrected chi connectivity index (χ0v) is 18.1. The third-order valence-corrected chi connectivity index (χ3v) is 4.07. The van der Waals surface area contributed by atoms with Gasteiger partial charge in [-0.3, -0.25) is 25.8 Å². The summed E-state index contributed by atoms with van der Waals surface area (Å²) in [5, 5.41) is 2.45. The molecule has 9 heteroatoms. The molecule has 2 rings (SSSR count). The Labute approximate surface area is 180 Å². The number of rotatable bonds is 7. The van der Waals surface area contributed by atoms with Gasteiger partial charge in [0, 0.05) is 5.56 Å². The number of carbonyl (C=O) groups excluding carboxylic acids is 2. The van der Waals surface area contributed by atoms with E-state index in [1.165, 1.54) is 20.3 Å². The molecule has 0 aromatic heterocycles. The van der Waals surface area contributed by atoms with Gasteiger partial charge >= 0.3 is 0 Å². The average molecular weight is 432 g/mol. The second-order valence-corrected chi connectivity index (χ2v) is 7.04. The molecule has 3 N–H and O–H groups in total. The van der Waals surface area contributed by atoms with E-state index in [9.17, 15) is 9.59 Å². The van der Waals surface area contributed by atoms with E-state index in [4.69, 9.17) is 26.4 Å². The summed E-state index contributed by atoms with van der Waals surface area (Å²) in [7, 11) is 2.98. The van der Waals surface area contributed by atoms with Crippen LogP contribution in [0, 0.1) is 5.92 Å². The lowest BCUT2D eigenvalue weighted by molar-refractivity contribution is 0.0933. The second-order valence-electron chi connectivity index (χ2n) is 6.63. The minimum atomic E-state index is -0.465. The molecule has 0 heterocycles. The number of carbonyl (C=O) groups is 2. The molecule has 8 nitrogen and oxygen atoms in total. The molecule has 0 fully saturated rings. The second kappa shape index (κ2) is 11.0. The van der Waals surface area contributed by atoms with Gasteiger partial charge in [-0.2, -0.15) is 0 Å². The van der Waals surface area contributed by atoms with Gasteiger partial charge in [-0.25, -0.2) is 0 Å². The lowest BCUT2D eigenvalue weighted by atomic mass is 10.2. The van der Waals surface area contributed by atoms with Gasteiger partial charge in [0.25, 0.3) is 11.8 Å². The molecule has 0 unspecified atom stereocenters. The van der Waals surface area contributed by atoms with Crippen LogP contribution in [0.1, 0.15) is 34.6 Å². The number of hydrogen-bond acceptors (Lipinski definition) is 6. The lowest BCUT2D eigenvalue weighted by Gasteiger charge is -2.14. The highest BCUT2D eigenvalue weighted by molar-refractivity contribution is 7.80. The maximum absolute atomic E-state index is 12.5. The molecular weight excluding hydrogens is 406 g/mol. The fourth-order valence-electron chi connectivity index (χ4n) is 2.40. The van der Waals surface area contributed by atoms with Crippen molar-refractivity contribution in [3.8, 4) is 17.2 Å². The Morgan fingerprint density at radius 2 is 1.63 bits per heavy atom. The molecule has 0 aliphatic carbocycles. The Kier molecular flexibility index (Phi) is 8.42. The van der Waals surface area contributed by atoms with E-state index in [1.54, 1.807) is 36.4 Å². The van der Waals surface area contributed by atoms with E-state index >= 15 is 0 Å². The predicted octanol–water partition coefficient (Wildman–Crippen LogP) is 2.69. The zero-order chi connectivity index (χ0) is 22.1. The van der Waals surface area contributed by atoms with Crippen LogP contribution in [0.2, 0.25) is 0 Å². The van der Waals surface area contributed by atoms with Crippen LogP contribution < -0.4 is 30.4 Å². The Morgan fingerprint density at radius 1 is 0.933 bits per heavy atom. The summed E-state index contributed by atoms with van der Waals surface area (Å²) in [6.45, 7) is 4.51. The molecule has 0 atom stereocenters. The summed E-state index contributed by atoms with van der Waals surface area (Å²) < 4.78 is 16.0. The molecule has 0 bridgehead atoms. The van der Waals surface area contributed by atoms with Crippen molar-refractivity contribution in [3.05, 3.63) is 53.6 Å². The van der Waals surface area contributed by atoms with Crippen LogP contribution in [0.25, 0.3) is 0 Å².